The zero-order valence-electron chi connectivity index (χ0n) is 21.4. The fraction of sp³-hybridized carbons (Fsp3) is 0.600. The molecule has 0 aliphatic carbocycles. The van der Waals surface area contributed by atoms with Gasteiger partial charge < -0.3 is 9.47 Å². The lowest BCUT2D eigenvalue weighted by molar-refractivity contribution is -0.0216. The highest BCUT2D eigenvalue weighted by molar-refractivity contribution is 5.66. The minimum absolute atomic E-state index is 0.0404. The normalized spacial score (nSPS) is 24.7. The van der Waals surface area contributed by atoms with E-state index in [0.717, 1.165) is 51.6 Å². The summed E-state index contributed by atoms with van der Waals surface area (Å²) in [6.07, 6.45) is 8.39. The number of aryl methyl sites for hydroxylation is 1. The Labute approximate surface area is 212 Å². The smallest absolute Gasteiger partial charge is 0.167 e. The minimum Gasteiger partial charge on any atom is -0.378 e. The van der Waals surface area contributed by atoms with Gasteiger partial charge in [0.2, 0.25) is 0 Å². The van der Waals surface area contributed by atoms with Crippen LogP contribution < -0.4 is 0 Å². The molecule has 0 amide bonds. The molecule has 2 saturated heterocycles. The Morgan fingerprint density at radius 2 is 1.28 bits per heavy atom. The summed E-state index contributed by atoms with van der Waals surface area (Å²) in [7, 11) is 0. The van der Waals surface area contributed by atoms with Gasteiger partial charge in [-0.3, -0.25) is 0 Å². The lowest BCUT2D eigenvalue weighted by atomic mass is 9.90. The summed E-state index contributed by atoms with van der Waals surface area (Å²) in [5.41, 5.74) is -0.192. The summed E-state index contributed by atoms with van der Waals surface area (Å²) in [5.74, 6) is -3.35. The molecule has 0 N–H and O–H groups in total. The molecule has 0 aromatic heterocycles. The number of benzene rings is 2. The molecule has 6 heteroatoms. The third kappa shape index (κ3) is 6.13. The van der Waals surface area contributed by atoms with Crippen molar-refractivity contribution in [2.45, 2.75) is 90.3 Å². The third-order valence-electron chi connectivity index (χ3n) is 7.88. The van der Waals surface area contributed by atoms with Crippen LogP contribution in [0.5, 0.6) is 0 Å². The molecule has 0 bridgehead atoms. The fourth-order valence-corrected chi connectivity index (χ4v) is 5.74. The Kier molecular flexibility index (Phi) is 9.46. The van der Waals surface area contributed by atoms with Crippen LogP contribution in [-0.2, 0) is 15.9 Å². The van der Waals surface area contributed by atoms with Crippen LogP contribution in [0.4, 0.5) is 17.6 Å². The molecule has 36 heavy (non-hydrogen) atoms. The average Bonchev–Trinajstić information content (AvgIpc) is 2.89. The Morgan fingerprint density at radius 3 is 1.86 bits per heavy atom. The van der Waals surface area contributed by atoms with Crippen LogP contribution in [0.1, 0.15) is 88.9 Å². The van der Waals surface area contributed by atoms with Gasteiger partial charge in [-0.25, -0.2) is 17.6 Å². The van der Waals surface area contributed by atoms with Crippen LogP contribution in [0, 0.1) is 35.1 Å². The summed E-state index contributed by atoms with van der Waals surface area (Å²) < 4.78 is 71.7. The van der Waals surface area contributed by atoms with Crippen molar-refractivity contribution in [3.8, 4) is 11.1 Å². The van der Waals surface area contributed by atoms with Gasteiger partial charge in [-0.2, -0.15) is 0 Å². The predicted molar refractivity (Wildman–Crippen MR) is 134 cm³/mol. The maximum Gasteiger partial charge on any atom is 0.167 e. The highest BCUT2D eigenvalue weighted by Crippen LogP contribution is 2.37. The second-order valence-electron chi connectivity index (χ2n) is 10.5. The van der Waals surface area contributed by atoms with Gasteiger partial charge in [-0.05, 0) is 68.8 Å². The molecular weight excluding hydrogens is 468 g/mol. The summed E-state index contributed by atoms with van der Waals surface area (Å²) in [5, 5.41) is 0. The molecular formula is C30H38F4O2. The van der Waals surface area contributed by atoms with Gasteiger partial charge in [0.25, 0.3) is 0 Å². The van der Waals surface area contributed by atoms with E-state index < -0.39 is 29.4 Å². The number of ether oxygens (including phenoxy) is 2. The van der Waals surface area contributed by atoms with Crippen LogP contribution in [-0.4, -0.2) is 19.3 Å². The molecule has 0 saturated carbocycles. The zero-order chi connectivity index (χ0) is 25.7. The summed E-state index contributed by atoms with van der Waals surface area (Å²) in [6, 6.07) is 5.59. The van der Waals surface area contributed by atoms with Gasteiger partial charge in [0, 0.05) is 23.3 Å². The van der Waals surface area contributed by atoms with Gasteiger partial charge in [0.15, 0.2) is 23.3 Å². The molecule has 2 heterocycles. The van der Waals surface area contributed by atoms with Crippen molar-refractivity contribution >= 4 is 0 Å². The van der Waals surface area contributed by atoms with Gasteiger partial charge >= 0.3 is 0 Å². The topological polar surface area (TPSA) is 18.5 Å². The van der Waals surface area contributed by atoms with Crippen molar-refractivity contribution in [1.29, 1.82) is 0 Å². The molecule has 4 atom stereocenters. The maximum absolute atomic E-state index is 15.1. The van der Waals surface area contributed by atoms with Crippen molar-refractivity contribution in [1.82, 2.24) is 0 Å². The first kappa shape index (κ1) is 27.1. The van der Waals surface area contributed by atoms with Crippen LogP contribution >= 0.6 is 0 Å². The van der Waals surface area contributed by atoms with Crippen molar-refractivity contribution in [2.24, 2.45) is 11.8 Å². The third-order valence-corrected chi connectivity index (χ3v) is 7.88. The second-order valence-corrected chi connectivity index (χ2v) is 10.5. The number of hydrogen-bond acceptors (Lipinski definition) is 2. The molecule has 2 nitrogen and oxygen atoms in total. The molecule has 4 rings (SSSR count). The van der Waals surface area contributed by atoms with E-state index in [2.05, 4.69) is 13.8 Å². The fourth-order valence-electron chi connectivity index (χ4n) is 5.74. The van der Waals surface area contributed by atoms with Gasteiger partial charge in [-0.1, -0.05) is 51.0 Å². The average molecular weight is 507 g/mol. The molecule has 198 valence electrons. The van der Waals surface area contributed by atoms with E-state index >= 15 is 13.2 Å². The van der Waals surface area contributed by atoms with Crippen LogP contribution in [0.15, 0.2) is 24.3 Å². The molecule has 2 fully saturated rings. The standard InChI is InChI=1S/C30H38F4O2/c1-3-5-19-7-11-22(35-17-19)12-9-21-10-13-23(28(32)27(21)31)24-14-15-25(30(34)29(24)33)26-16-8-20(6-4-2)18-36-26/h10,13-15,19-20,22,26H,3-9,11-12,16-18H2,1-2H3. The highest BCUT2D eigenvalue weighted by Gasteiger charge is 2.28. The van der Waals surface area contributed by atoms with E-state index in [-0.39, 0.29) is 28.4 Å². The van der Waals surface area contributed by atoms with Crippen molar-refractivity contribution in [2.75, 3.05) is 13.2 Å². The monoisotopic (exact) mass is 506 g/mol. The zero-order valence-corrected chi connectivity index (χ0v) is 21.4. The van der Waals surface area contributed by atoms with E-state index in [4.69, 9.17) is 9.47 Å². The first-order valence-electron chi connectivity index (χ1n) is 13.6. The Hall–Kier alpha value is -1.92. The molecule has 2 aliphatic rings. The van der Waals surface area contributed by atoms with Crippen LogP contribution in [0.3, 0.4) is 0 Å². The molecule has 4 unspecified atom stereocenters. The molecule has 2 aromatic rings. The summed E-state index contributed by atoms with van der Waals surface area (Å²) >= 11 is 0. The first-order chi connectivity index (χ1) is 17.4. The van der Waals surface area contributed by atoms with E-state index in [1.165, 1.54) is 24.3 Å². The van der Waals surface area contributed by atoms with Crippen LogP contribution in [0.25, 0.3) is 11.1 Å². The van der Waals surface area contributed by atoms with E-state index in [1.807, 2.05) is 0 Å². The number of halogens is 4. The Balaban J connectivity index is 1.43. The number of rotatable bonds is 9. The number of hydrogen-bond donors (Lipinski definition) is 0. The van der Waals surface area contributed by atoms with E-state index in [1.54, 1.807) is 0 Å². The highest BCUT2D eigenvalue weighted by atomic mass is 19.2. The lowest BCUT2D eigenvalue weighted by Crippen LogP contribution is -2.26. The van der Waals surface area contributed by atoms with Gasteiger partial charge in [0.1, 0.15) is 0 Å². The van der Waals surface area contributed by atoms with Crippen molar-refractivity contribution < 1.29 is 27.0 Å². The largest absolute Gasteiger partial charge is 0.378 e. The van der Waals surface area contributed by atoms with Crippen molar-refractivity contribution in [3.63, 3.8) is 0 Å². The Morgan fingerprint density at radius 1 is 0.667 bits per heavy atom. The lowest BCUT2D eigenvalue weighted by Gasteiger charge is -2.29. The van der Waals surface area contributed by atoms with E-state index in [9.17, 15) is 4.39 Å². The summed E-state index contributed by atoms with van der Waals surface area (Å²) in [6.45, 7) is 5.52. The Bertz CT molecular complexity index is 1010. The van der Waals surface area contributed by atoms with Gasteiger partial charge in [-0.15, -0.1) is 0 Å². The van der Waals surface area contributed by atoms with E-state index in [0.29, 0.717) is 37.7 Å². The van der Waals surface area contributed by atoms with Gasteiger partial charge in [0.05, 0.1) is 18.8 Å². The van der Waals surface area contributed by atoms with Crippen LogP contribution in [0.2, 0.25) is 0 Å². The molecule has 0 spiro atoms. The molecule has 2 aromatic carbocycles. The summed E-state index contributed by atoms with van der Waals surface area (Å²) in [4.78, 5) is 0. The molecule has 0 radical (unpaired) electrons. The SMILES string of the molecule is CCCC1CCC(CCc2ccc(-c3ccc(C4CCC(CCC)CO4)c(F)c3F)c(F)c2F)OC1. The first-order valence-corrected chi connectivity index (χ1v) is 13.6. The maximum atomic E-state index is 15.1. The van der Waals surface area contributed by atoms with Crippen molar-refractivity contribution in [3.05, 3.63) is 58.7 Å². The quantitative estimate of drug-likeness (QED) is 0.317. The predicted octanol–water partition coefficient (Wildman–Crippen LogP) is 8.71. The second kappa shape index (κ2) is 12.6. The minimum atomic E-state index is -1.17. The molecule has 2 aliphatic heterocycles.